The lowest BCUT2D eigenvalue weighted by Gasteiger charge is -2.28. The highest BCUT2D eigenvalue weighted by Crippen LogP contribution is 2.50. The maximum Gasteiger partial charge on any atom is 0.142 e. The predicted molar refractivity (Wildman–Crippen MR) is 122 cm³/mol. The zero-order chi connectivity index (χ0) is 20.7. The number of furan rings is 1. The monoisotopic (exact) mass is 383 g/mol. The van der Waals surface area contributed by atoms with Gasteiger partial charge >= 0.3 is 0 Å². The minimum absolute atomic E-state index is 0.134. The smallest absolute Gasteiger partial charge is 0.142 e. The lowest BCUT2D eigenvalue weighted by Crippen LogP contribution is -2.20. The second kappa shape index (κ2) is 5.72. The van der Waals surface area contributed by atoms with Gasteiger partial charge in [0.05, 0.1) is 11.1 Å². The summed E-state index contributed by atoms with van der Waals surface area (Å²) >= 11 is 0. The Morgan fingerprint density at radius 1 is 0.931 bits per heavy atom. The molecule has 2 heterocycles. The van der Waals surface area contributed by atoms with Crippen LogP contribution < -0.4 is 0 Å². The number of rotatable bonds is 1. The van der Waals surface area contributed by atoms with Crippen molar-refractivity contribution in [2.75, 3.05) is 0 Å². The molecule has 0 aliphatic heterocycles. The van der Waals surface area contributed by atoms with Gasteiger partial charge in [0, 0.05) is 28.1 Å². The van der Waals surface area contributed by atoms with Crippen LogP contribution in [0.1, 0.15) is 62.4 Å². The van der Waals surface area contributed by atoms with Gasteiger partial charge < -0.3 is 4.42 Å². The first kappa shape index (κ1) is 18.4. The molecular weight excluding hydrogens is 354 g/mol. The van der Waals surface area contributed by atoms with Crippen molar-refractivity contribution in [3.05, 3.63) is 64.3 Å². The zero-order valence-corrected chi connectivity index (χ0v) is 18.5. The molecule has 0 spiro atoms. The molecule has 5 rings (SSSR count). The molecule has 4 aromatic rings. The fraction of sp³-hybridized carbons (Fsp3) is 0.370. The van der Waals surface area contributed by atoms with Crippen molar-refractivity contribution in [1.29, 1.82) is 0 Å². The molecule has 148 valence electrons. The number of fused-ring (bicyclic) bond motifs is 2. The van der Waals surface area contributed by atoms with Gasteiger partial charge in [-0.25, -0.2) is 0 Å². The zero-order valence-electron chi connectivity index (χ0n) is 18.5. The summed E-state index contributed by atoms with van der Waals surface area (Å²) in [6, 6.07) is 11.4. The van der Waals surface area contributed by atoms with Crippen molar-refractivity contribution in [2.24, 2.45) is 5.41 Å². The van der Waals surface area contributed by atoms with Crippen molar-refractivity contribution in [2.45, 2.75) is 60.3 Å². The van der Waals surface area contributed by atoms with Crippen molar-refractivity contribution in [3.63, 3.8) is 0 Å². The molecule has 0 fully saturated rings. The Hall–Kier alpha value is -2.61. The highest BCUT2D eigenvalue weighted by Gasteiger charge is 2.35. The number of nitrogens with zero attached hydrogens (tertiary/aromatic N) is 1. The van der Waals surface area contributed by atoms with Crippen LogP contribution in [0, 0.1) is 19.3 Å². The minimum Gasteiger partial charge on any atom is -0.455 e. The first-order chi connectivity index (χ1) is 13.6. The molecule has 2 heteroatoms. The second-order valence-corrected chi connectivity index (χ2v) is 10.5. The second-order valence-electron chi connectivity index (χ2n) is 10.5. The van der Waals surface area contributed by atoms with Gasteiger partial charge in [-0.2, -0.15) is 0 Å². The van der Waals surface area contributed by atoms with Crippen LogP contribution in [0.4, 0.5) is 0 Å². The van der Waals surface area contributed by atoms with E-state index in [1.54, 1.807) is 0 Å². The standard InChI is InChI=1S/C27H29NO/c1-15-8-10-18-20(12-15)27(6,7)19-11-9-17(13-26(3,4)5)25-21(19)22-23(18)28-14-16(2)24(22)29-25/h8-12,14H,13H2,1-7H3. The molecule has 0 unspecified atom stereocenters. The molecule has 2 aromatic heterocycles. The van der Waals surface area contributed by atoms with Gasteiger partial charge in [0.2, 0.25) is 0 Å². The summed E-state index contributed by atoms with van der Waals surface area (Å²) in [6.45, 7) is 15.8. The average Bonchev–Trinajstić information content (AvgIpc) is 3.00. The van der Waals surface area contributed by atoms with E-state index in [4.69, 9.17) is 9.40 Å². The maximum absolute atomic E-state index is 6.61. The fourth-order valence-electron chi connectivity index (χ4n) is 5.01. The number of hydrogen-bond donors (Lipinski definition) is 0. The summed E-state index contributed by atoms with van der Waals surface area (Å²) in [4.78, 5) is 4.93. The molecule has 0 bridgehead atoms. The molecule has 0 atom stereocenters. The van der Waals surface area contributed by atoms with E-state index < -0.39 is 0 Å². The molecule has 1 aliphatic carbocycles. The molecular formula is C27H29NO. The summed E-state index contributed by atoms with van der Waals surface area (Å²) in [7, 11) is 0. The van der Waals surface area contributed by atoms with E-state index in [1.807, 2.05) is 6.20 Å². The third-order valence-corrected chi connectivity index (χ3v) is 6.40. The highest BCUT2D eigenvalue weighted by atomic mass is 16.3. The van der Waals surface area contributed by atoms with E-state index in [2.05, 4.69) is 78.8 Å². The number of pyridine rings is 1. The highest BCUT2D eigenvalue weighted by molar-refractivity contribution is 6.16. The quantitative estimate of drug-likeness (QED) is 0.340. The summed E-state index contributed by atoms with van der Waals surface area (Å²) < 4.78 is 6.61. The Bertz CT molecular complexity index is 1300. The minimum atomic E-state index is -0.134. The number of aromatic nitrogens is 1. The Morgan fingerprint density at radius 3 is 2.41 bits per heavy atom. The van der Waals surface area contributed by atoms with Gasteiger partial charge in [0.15, 0.2) is 0 Å². The van der Waals surface area contributed by atoms with Crippen LogP contribution in [0.15, 0.2) is 40.9 Å². The largest absolute Gasteiger partial charge is 0.455 e. The molecule has 2 aromatic carbocycles. The molecule has 29 heavy (non-hydrogen) atoms. The van der Waals surface area contributed by atoms with E-state index in [-0.39, 0.29) is 10.8 Å². The van der Waals surface area contributed by atoms with Gasteiger partial charge in [0.1, 0.15) is 11.2 Å². The first-order valence-corrected chi connectivity index (χ1v) is 10.5. The van der Waals surface area contributed by atoms with Gasteiger partial charge in [0.25, 0.3) is 0 Å². The summed E-state index contributed by atoms with van der Waals surface area (Å²) in [5, 5.41) is 2.44. The van der Waals surface area contributed by atoms with Gasteiger partial charge in [-0.1, -0.05) is 70.5 Å². The van der Waals surface area contributed by atoms with Crippen LogP contribution in [0.25, 0.3) is 33.2 Å². The molecule has 0 saturated carbocycles. The number of hydrogen-bond acceptors (Lipinski definition) is 2. The number of benzene rings is 2. The van der Waals surface area contributed by atoms with E-state index in [9.17, 15) is 0 Å². The average molecular weight is 384 g/mol. The van der Waals surface area contributed by atoms with Crippen LogP contribution >= 0.6 is 0 Å². The van der Waals surface area contributed by atoms with Crippen molar-refractivity contribution in [3.8, 4) is 11.3 Å². The van der Waals surface area contributed by atoms with Crippen LogP contribution in [-0.4, -0.2) is 4.98 Å². The van der Waals surface area contributed by atoms with E-state index in [0.717, 1.165) is 28.8 Å². The lowest BCUT2D eigenvalue weighted by molar-refractivity contribution is 0.410. The summed E-state index contributed by atoms with van der Waals surface area (Å²) in [6.07, 6.45) is 2.95. The topological polar surface area (TPSA) is 26.0 Å². The van der Waals surface area contributed by atoms with Gasteiger partial charge in [-0.05, 0) is 42.4 Å². The summed E-state index contributed by atoms with van der Waals surface area (Å²) in [5.41, 5.74) is 10.7. The van der Waals surface area contributed by atoms with Crippen LogP contribution in [-0.2, 0) is 11.8 Å². The van der Waals surface area contributed by atoms with Crippen molar-refractivity contribution in [1.82, 2.24) is 4.98 Å². The van der Waals surface area contributed by atoms with Gasteiger partial charge in [-0.15, -0.1) is 0 Å². The summed E-state index contributed by atoms with van der Waals surface area (Å²) in [5.74, 6) is 0. The molecule has 0 saturated heterocycles. The van der Waals surface area contributed by atoms with Crippen LogP contribution in [0.3, 0.4) is 0 Å². The first-order valence-electron chi connectivity index (χ1n) is 10.5. The Labute approximate surface area is 173 Å². The van der Waals surface area contributed by atoms with E-state index in [1.165, 1.54) is 38.6 Å². The van der Waals surface area contributed by atoms with Crippen molar-refractivity contribution >= 4 is 21.9 Å². The molecule has 2 nitrogen and oxygen atoms in total. The van der Waals surface area contributed by atoms with Crippen molar-refractivity contribution < 1.29 is 4.42 Å². The molecule has 1 aliphatic rings. The fourth-order valence-corrected chi connectivity index (χ4v) is 5.01. The lowest BCUT2D eigenvalue weighted by atomic mass is 9.75. The molecule has 0 radical (unpaired) electrons. The third kappa shape index (κ3) is 2.58. The number of aryl methyl sites for hydroxylation is 2. The van der Waals surface area contributed by atoms with E-state index in [0.29, 0.717) is 0 Å². The van der Waals surface area contributed by atoms with Crippen LogP contribution in [0.5, 0.6) is 0 Å². The van der Waals surface area contributed by atoms with Gasteiger partial charge in [-0.3, -0.25) is 4.98 Å². The van der Waals surface area contributed by atoms with Crippen LogP contribution in [0.2, 0.25) is 0 Å². The SMILES string of the molecule is Cc1ccc2c(c1)C(C)(C)c1ccc(CC(C)(C)C)c3oc4c(C)cnc-2c4c13. The maximum atomic E-state index is 6.61. The third-order valence-electron chi connectivity index (χ3n) is 6.40. The molecule has 0 amide bonds. The Morgan fingerprint density at radius 2 is 1.69 bits per heavy atom. The predicted octanol–water partition coefficient (Wildman–Crippen LogP) is 7.49. The molecule has 0 N–H and O–H groups in total. The normalized spacial score (nSPS) is 15.1. The Balaban J connectivity index is 2.01. The van der Waals surface area contributed by atoms with E-state index >= 15 is 0 Å². The Kier molecular flexibility index (Phi) is 3.63.